The fraction of sp³-hybridized carbons (Fsp3) is 0.917. The van der Waals surface area contributed by atoms with Gasteiger partial charge in [-0.2, -0.15) is 0 Å². The summed E-state index contributed by atoms with van der Waals surface area (Å²) in [6.45, 7) is 2.46. The van der Waals surface area contributed by atoms with Gasteiger partial charge in [0.15, 0.2) is 0 Å². The lowest BCUT2D eigenvalue weighted by atomic mass is 10.0. The SMILES string of the molecule is CCCCCCCCCCCCCCCCCC(=O)NCC(C(=O)O)[N+](C)(C)C. The molecule has 0 fully saturated rings. The molecular formula is C24H49N2O3+. The average molecular weight is 414 g/mol. The van der Waals surface area contributed by atoms with Crippen molar-refractivity contribution < 1.29 is 19.2 Å². The van der Waals surface area contributed by atoms with Crippen molar-refractivity contribution in [2.75, 3.05) is 27.7 Å². The van der Waals surface area contributed by atoms with Crippen LogP contribution in [0.1, 0.15) is 110 Å². The molecule has 5 nitrogen and oxygen atoms in total. The van der Waals surface area contributed by atoms with Gasteiger partial charge in [0.1, 0.15) is 0 Å². The number of amides is 1. The van der Waals surface area contributed by atoms with Gasteiger partial charge in [-0.05, 0) is 6.42 Å². The number of nitrogens with one attached hydrogen (secondary N) is 1. The van der Waals surface area contributed by atoms with E-state index in [2.05, 4.69) is 12.2 Å². The van der Waals surface area contributed by atoms with Crippen molar-refractivity contribution in [2.24, 2.45) is 0 Å². The third kappa shape index (κ3) is 17.5. The van der Waals surface area contributed by atoms with E-state index in [1.807, 2.05) is 21.1 Å². The molecule has 0 spiro atoms. The Labute approximate surface area is 180 Å². The van der Waals surface area contributed by atoms with Crippen LogP contribution in [-0.2, 0) is 9.59 Å². The summed E-state index contributed by atoms with van der Waals surface area (Å²) >= 11 is 0. The molecular weight excluding hydrogens is 364 g/mol. The predicted molar refractivity (Wildman–Crippen MR) is 122 cm³/mol. The first kappa shape index (κ1) is 27.9. The number of nitrogens with zero attached hydrogens (tertiary/aromatic N) is 1. The largest absolute Gasteiger partial charge is 0.477 e. The Hall–Kier alpha value is -1.10. The molecule has 0 saturated heterocycles. The molecule has 0 aromatic carbocycles. The number of likely N-dealkylation sites (N-methyl/N-ethyl adjacent to an activating group) is 1. The first-order valence-electron chi connectivity index (χ1n) is 12.1. The molecule has 1 atom stereocenters. The standard InChI is InChI=1S/C24H48N2O3/c1-5-6-7-8-9-10-11-12-13-14-15-16-17-18-19-20-23(27)25-21-22(24(28)29)26(2,3)4/h22H,5-21H2,1-4H3,(H-,25,27,28,29)/p+1. The quantitative estimate of drug-likeness (QED) is 0.204. The zero-order valence-corrected chi connectivity index (χ0v) is 19.8. The molecule has 1 amide bonds. The van der Waals surface area contributed by atoms with Gasteiger partial charge in [0.25, 0.3) is 0 Å². The third-order valence-corrected chi connectivity index (χ3v) is 5.72. The molecule has 172 valence electrons. The van der Waals surface area contributed by atoms with E-state index in [-0.39, 0.29) is 12.5 Å². The highest BCUT2D eigenvalue weighted by Gasteiger charge is 2.31. The van der Waals surface area contributed by atoms with Gasteiger partial charge in [-0.3, -0.25) is 4.79 Å². The summed E-state index contributed by atoms with van der Waals surface area (Å²) in [6.07, 6.45) is 20.1. The van der Waals surface area contributed by atoms with Gasteiger partial charge < -0.3 is 14.9 Å². The maximum atomic E-state index is 11.9. The maximum absolute atomic E-state index is 11.9. The third-order valence-electron chi connectivity index (χ3n) is 5.72. The van der Waals surface area contributed by atoms with E-state index in [0.29, 0.717) is 10.9 Å². The Bertz CT molecular complexity index is 419. The topological polar surface area (TPSA) is 66.4 Å². The van der Waals surface area contributed by atoms with Gasteiger partial charge in [-0.25, -0.2) is 4.79 Å². The number of carboxylic acids is 1. The van der Waals surface area contributed by atoms with E-state index < -0.39 is 12.0 Å². The van der Waals surface area contributed by atoms with Crippen LogP contribution in [0.25, 0.3) is 0 Å². The lowest BCUT2D eigenvalue weighted by Crippen LogP contribution is -2.55. The minimum Gasteiger partial charge on any atom is -0.477 e. The molecule has 1 unspecified atom stereocenters. The van der Waals surface area contributed by atoms with Gasteiger partial charge in [0.2, 0.25) is 11.9 Å². The number of hydrogen-bond donors (Lipinski definition) is 2. The summed E-state index contributed by atoms with van der Waals surface area (Å²) in [5, 5.41) is 12.1. The monoisotopic (exact) mass is 413 g/mol. The first-order valence-corrected chi connectivity index (χ1v) is 12.1. The number of carbonyl (C=O) groups excluding carboxylic acids is 1. The lowest BCUT2D eigenvalue weighted by molar-refractivity contribution is -0.885. The van der Waals surface area contributed by atoms with Crippen LogP contribution in [-0.4, -0.2) is 55.2 Å². The van der Waals surface area contributed by atoms with Crippen LogP contribution in [0.3, 0.4) is 0 Å². The number of quaternary nitrogens is 1. The van der Waals surface area contributed by atoms with Gasteiger partial charge in [0.05, 0.1) is 27.7 Å². The zero-order chi connectivity index (χ0) is 22.0. The van der Waals surface area contributed by atoms with Crippen molar-refractivity contribution in [3.8, 4) is 0 Å². The Balaban J connectivity index is 3.44. The Morgan fingerprint density at radius 2 is 1.10 bits per heavy atom. The van der Waals surface area contributed by atoms with Crippen molar-refractivity contribution in [1.29, 1.82) is 0 Å². The highest BCUT2D eigenvalue weighted by molar-refractivity contribution is 5.78. The molecule has 0 aromatic rings. The van der Waals surface area contributed by atoms with Crippen molar-refractivity contribution in [1.82, 2.24) is 5.32 Å². The van der Waals surface area contributed by atoms with Gasteiger partial charge in [0, 0.05) is 6.42 Å². The predicted octanol–water partition coefficient (Wildman–Crippen LogP) is 5.52. The smallest absolute Gasteiger partial charge is 0.364 e. The second kappa shape index (κ2) is 17.7. The van der Waals surface area contributed by atoms with Crippen molar-refractivity contribution in [3.63, 3.8) is 0 Å². The summed E-state index contributed by atoms with van der Waals surface area (Å²) in [4.78, 5) is 23.2. The van der Waals surface area contributed by atoms with Crippen LogP contribution in [0.15, 0.2) is 0 Å². The first-order chi connectivity index (χ1) is 13.8. The fourth-order valence-electron chi connectivity index (χ4n) is 3.65. The average Bonchev–Trinajstić information content (AvgIpc) is 2.63. The van der Waals surface area contributed by atoms with Crippen molar-refractivity contribution >= 4 is 11.9 Å². The normalized spacial score (nSPS) is 12.7. The van der Waals surface area contributed by atoms with E-state index in [0.717, 1.165) is 12.8 Å². The summed E-state index contributed by atoms with van der Waals surface area (Å²) in [6, 6.07) is -0.611. The molecule has 0 aromatic heterocycles. The van der Waals surface area contributed by atoms with E-state index >= 15 is 0 Å². The molecule has 0 saturated carbocycles. The molecule has 0 aliphatic carbocycles. The van der Waals surface area contributed by atoms with E-state index in [1.165, 1.54) is 83.5 Å². The van der Waals surface area contributed by atoms with Crippen molar-refractivity contribution in [2.45, 2.75) is 116 Å². The molecule has 0 bridgehead atoms. The zero-order valence-electron chi connectivity index (χ0n) is 19.8. The number of unbranched alkanes of at least 4 members (excludes halogenated alkanes) is 14. The van der Waals surface area contributed by atoms with Crippen LogP contribution in [0.4, 0.5) is 0 Å². The summed E-state index contributed by atoms with van der Waals surface area (Å²) in [5.74, 6) is -0.899. The molecule has 0 heterocycles. The van der Waals surface area contributed by atoms with Crippen LogP contribution in [0, 0.1) is 0 Å². The summed E-state index contributed by atoms with van der Waals surface area (Å²) < 4.78 is 0.300. The Morgan fingerprint density at radius 1 is 0.724 bits per heavy atom. The summed E-state index contributed by atoms with van der Waals surface area (Å²) in [7, 11) is 5.50. The molecule has 5 heteroatoms. The van der Waals surface area contributed by atoms with Gasteiger partial charge in [-0.15, -0.1) is 0 Å². The Kier molecular flexibility index (Phi) is 17.1. The van der Waals surface area contributed by atoms with Crippen LogP contribution in [0.5, 0.6) is 0 Å². The van der Waals surface area contributed by atoms with E-state index in [9.17, 15) is 14.7 Å². The van der Waals surface area contributed by atoms with Crippen LogP contribution < -0.4 is 5.32 Å². The van der Waals surface area contributed by atoms with E-state index in [4.69, 9.17) is 0 Å². The van der Waals surface area contributed by atoms with Gasteiger partial charge >= 0.3 is 5.97 Å². The molecule has 29 heavy (non-hydrogen) atoms. The van der Waals surface area contributed by atoms with Crippen LogP contribution >= 0.6 is 0 Å². The molecule has 0 aliphatic heterocycles. The molecule has 0 aliphatic rings. The van der Waals surface area contributed by atoms with Crippen molar-refractivity contribution in [3.05, 3.63) is 0 Å². The maximum Gasteiger partial charge on any atom is 0.364 e. The highest BCUT2D eigenvalue weighted by Crippen LogP contribution is 2.13. The number of rotatable bonds is 20. The molecule has 0 rings (SSSR count). The minimum absolute atomic E-state index is 0.0283. The second-order valence-electron chi connectivity index (χ2n) is 9.47. The fourth-order valence-corrected chi connectivity index (χ4v) is 3.65. The van der Waals surface area contributed by atoms with Gasteiger partial charge in [-0.1, -0.05) is 96.8 Å². The second-order valence-corrected chi connectivity index (χ2v) is 9.47. The number of carboxylic acid groups (broad SMARTS) is 1. The molecule has 0 radical (unpaired) electrons. The number of hydrogen-bond acceptors (Lipinski definition) is 2. The summed E-state index contributed by atoms with van der Waals surface area (Å²) in [5.41, 5.74) is 0. The number of aliphatic carboxylic acids is 1. The minimum atomic E-state index is -0.871. The van der Waals surface area contributed by atoms with E-state index in [1.54, 1.807) is 0 Å². The highest BCUT2D eigenvalue weighted by atomic mass is 16.4. The van der Waals surface area contributed by atoms with Crippen LogP contribution in [0.2, 0.25) is 0 Å². The molecule has 2 N–H and O–H groups in total. The number of carbonyl (C=O) groups is 2. The lowest BCUT2D eigenvalue weighted by Gasteiger charge is -2.31. The Morgan fingerprint density at radius 3 is 1.45 bits per heavy atom.